The molecule has 0 unspecified atom stereocenters. The number of halogens is 2. The molecule has 0 aliphatic rings. The second-order valence-corrected chi connectivity index (χ2v) is 7.57. The Morgan fingerprint density at radius 2 is 1.62 bits per heavy atom. The van der Waals surface area contributed by atoms with Crippen LogP contribution in [0.3, 0.4) is 0 Å². The van der Waals surface area contributed by atoms with E-state index in [-0.39, 0.29) is 11.8 Å². The van der Waals surface area contributed by atoms with Crippen molar-refractivity contribution >= 4 is 29.2 Å². The average Bonchev–Trinajstić information content (AvgIpc) is 2.45. The number of hydrogen-bond acceptors (Lipinski definition) is 2. The number of carboxylic acids is 1. The fourth-order valence-electron chi connectivity index (χ4n) is 2.32. The highest BCUT2D eigenvalue weighted by Crippen LogP contribution is 2.25. The van der Waals surface area contributed by atoms with Gasteiger partial charge in [-0.3, -0.25) is 0 Å². The number of carboxylic acid groups (broad SMARTS) is 1. The van der Waals surface area contributed by atoms with Crippen molar-refractivity contribution in [1.82, 2.24) is 0 Å². The molecule has 0 saturated carbocycles. The summed E-state index contributed by atoms with van der Waals surface area (Å²) in [5, 5.41) is 10.4. The van der Waals surface area contributed by atoms with E-state index in [1.165, 1.54) is 0 Å². The summed E-state index contributed by atoms with van der Waals surface area (Å²) < 4.78 is 5.64. The molecular formula is C19H20Cl2O3. The van der Waals surface area contributed by atoms with Crippen molar-refractivity contribution in [3.63, 3.8) is 0 Å². The largest absolute Gasteiger partial charge is 0.478 e. The lowest BCUT2D eigenvalue weighted by molar-refractivity contribution is -0.145. The van der Waals surface area contributed by atoms with Crippen LogP contribution in [0.25, 0.3) is 0 Å². The Morgan fingerprint density at radius 3 is 2.08 bits per heavy atom. The molecule has 128 valence electrons. The molecule has 2 rings (SSSR count). The maximum absolute atomic E-state index is 11.5. The molecule has 0 radical (unpaired) electrons. The van der Waals surface area contributed by atoms with Crippen LogP contribution in [0.15, 0.2) is 42.5 Å². The van der Waals surface area contributed by atoms with E-state index in [4.69, 9.17) is 27.9 Å². The van der Waals surface area contributed by atoms with Crippen LogP contribution in [-0.2, 0) is 16.6 Å². The Balaban J connectivity index is 2.15. The first kappa shape index (κ1) is 18.6. The van der Waals surface area contributed by atoms with Gasteiger partial charge < -0.3 is 9.84 Å². The van der Waals surface area contributed by atoms with Crippen LogP contribution in [0.2, 0.25) is 10.0 Å². The third-order valence-corrected chi connectivity index (χ3v) is 4.05. The highest BCUT2D eigenvalue weighted by atomic mass is 35.5. The molecule has 0 aliphatic carbocycles. The molecule has 0 amide bonds. The van der Waals surface area contributed by atoms with Crippen molar-refractivity contribution in [2.75, 3.05) is 0 Å². The Hall–Kier alpha value is -1.71. The Kier molecular flexibility index (Phi) is 5.79. The van der Waals surface area contributed by atoms with Crippen LogP contribution in [0.1, 0.15) is 31.9 Å². The van der Waals surface area contributed by atoms with Crippen molar-refractivity contribution in [1.29, 1.82) is 0 Å². The standard InChI is InChI=1S/C19H20Cl2O3/c1-19(2,3)13-4-6-16(7-5-13)24-17(18(22)23)10-12-8-14(20)11-15(21)9-12/h4-9,11,17H,10H2,1-3H3,(H,22,23)/t17-/m1/s1. The fraction of sp³-hybridized carbons (Fsp3) is 0.316. The summed E-state index contributed by atoms with van der Waals surface area (Å²) in [6, 6.07) is 12.5. The molecule has 0 fully saturated rings. The van der Waals surface area contributed by atoms with E-state index >= 15 is 0 Å². The smallest absolute Gasteiger partial charge is 0.345 e. The summed E-state index contributed by atoms with van der Waals surface area (Å²) in [6.07, 6.45) is -0.837. The van der Waals surface area contributed by atoms with E-state index in [2.05, 4.69) is 20.8 Å². The predicted molar refractivity (Wildman–Crippen MR) is 97.4 cm³/mol. The Bertz CT molecular complexity index is 698. The van der Waals surface area contributed by atoms with Crippen LogP contribution in [0, 0.1) is 0 Å². The zero-order valence-corrected chi connectivity index (χ0v) is 15.4. The highest BCUT2D eigenvalue weighted by Gasteiger charge is 2.21. The molecule has 0 saturated heterocycles. The molecule has 2 aromatic rings. The van der Waals surface area contributed by atoms with Crippen molar-refractivity contribution < 1.29 is 14.6 Å². The van der Waals surface area contributed by atoms with Gasteiger partial charge in [0, 0.05) is 16.5 Å². The summed E-state index contributed by atoms with van der Waals surface area (Å²) in [4.78, 5) is 11.5. The first-order valence-corrected chi connectivity index (χ1v) is 8.36. The van der Waals surface area contributed by atoms with Gasteiger partial charge in [-0.15, -0.1) is 0 Å². The molecule has 1 N–H and O–H groups in total. The maximum atomic E-state index is 11.5. The minimum absolute atomic E-state index is 0.0300. The zero-order valence-electron chi connectivity index (χ0n) is 13.8. The SMILES string of the molecule is CC(C)(C)c1ccc(O[C@H](Cc2cc(Cl)cc(Cl)c2)C(=O)O)cc1. The maximum Gasteiger partial charge on any atom is 0.345 e. The van der Waals surface area contributed by atoms with Gasteiger partial charge in [0.2, 0.25) is 0 Å². The van der Waals surface area contributed by atoms with Crippen LogP contribution in [0.4, 0.5) is 0 Å². The molecule has 24 heavy (non-hydrogen) atoms. The topological polar surface area (TPSA) is 46.5 Å². The van der Waals surface area contributed by atoms with Crippen molar-refractivity contribution in [3.8, 4) is 5.75 Å². The van der Waals surface area contributed by atoms with Crippen molar-refractivity contribution in [2.45, 2.75) is 38.7 Å². The van der Waals surface area contributed by atoms with E-state index in [0.29, 0.717) is 21.4 Å². The first-order chi connectivity index (χ1) is 11.1. The van der Waals surface area contributed by atoms with E-state index in [1.807, 2.05) is 12.1 Å². The number of hydrogen-bond donors (Lipinski definition) is 1. The van der Waals surface area contributed by atoms with E-state index in [9.17, 15) is 9.90 Å². The van der Waals surface area contributed by atoms with Crippen LogP contribution < -0.4 is 4.74 Å². The average molecular weight is 367 g/mol. The summed E-state index contributed by atoms with van der Waals surface area (Å²) in [5.41, 5.74) is 1.90. The Morgan fingerprint density at radius 1 is 1.08 bits per heavy atom. The number of rotatable bonds is 5. The quantitative estimate of drug-likeness (QED) is 0.773. The van der Waals surface area contributed by atoms with E-state index in [1.54, 1.807) is 30.3 Å². The molecule has 0 aromatic heterocycles. The number of benzene rings is 2. The van der Waals surface area contributed by atoms with Crippen molar-refractivity contribution in [2.24, 2.45) is 0 Å². The molecule has 0 spiro atoms. The monoisotopic (exact) mass is 366 g/mol. The van der Waals surface area contributed by atoms with Gasteiger partial charge in [-0.05, 0) is 46.9 Å². The molecule has 1 atom stereocenters. The molecular weight excluding hydrogens is 347 g/mol. The molecule has 0 heterocycles. The number of aliphatic carboxylic acids is 1. The number of carbonyl (C=O) groups is 1. The molecule has 0 aliphatic heterocycles. The van der Waals surface area contributed by atoms with E-state index in [0.717, 1.165) is 5.56 Å². The van der Waals surface area contributed by atoms with Crippen molar-refractivity contribution in [3.05, 3.63) is 63.6 Å². The second kappa shape index (κ2) is 7.45. The third-order valence-electron chi connectivity index (χ3n) is 3.62. The molecule has 5 heteroatoms. The molecule has 0 bridgehead atoms. The lowest BCUT2D eigenvalue weighted by Crippen LogP contribution is -2.29. The predicted octanol–water partition coefficient (Wildman–Crippen LogP) is 5.37. The minimum atomic E-state index is -1.04. The summed E-state index contributed by atoms with van der Waals surface area (Å²) in [5.74, 6) is -0.519. The van der Waals surface area contributed by atoms with Gasteiger partial charge in [-0.2, -0.15) is 0 Å². The highest BCUT2D eigenvalue weighted by molar-refractivity contribution is 6.34. The summed E-state index contributed by atoms with van der Waals surface area (Å²) in [7, 11) is 0. The Labute approximate surface area is 152 Å². The fourth-order valence-corrected chi connectivity index (χ4v) is 2.89. The van der Waals surface area contributed by atoms with Gasteiger partial charge in [0.05, 0.1) is 0 Å². The summed E-state index contributed by atoms with van der Waals surface area (Å²) in [6.45, 7) is 6.35. The van der Waals surface area contributed by atoms with Gasteiger partial charge in [0.15, 0.2) is 6.10 Å². The van der Waals surface area contributed by atoms with Gasteiger partial charge in [0.1, 0.15) is 5.75 Å². The summed E-state index contributed by atoms with van der Waals surface area (Å²) >= 11 is 11.9. The van der Waals surface area contributed by atoms with E-state index < -0.39 is 12.1 Å². The first-order valence-electron chi connectivity index (χ1n) is 7.60. The lowest BCUT2D eigenvalue weighted by atomic mass is 9.87. The van der Waals surface area contributed by atoms with Gasteiger partial charge in [0.25, 0.3) is 0 Å². The van der Waals surface area contributed by atoms with Crippen LogP contribution >= 0.6 is 23.2 Å². The third kappa shape index (κ3) is 5.15. The minimum Gasteiger partial charge on any atom is -0.478 e. The second-order valence-electron chi connectivity index (χ2n) is 6.70. The van der Waals surface area contributed by atoms with Gasteiger partial charge in [-0.25, -0.2) is 4.79 Å². The van der Waals surface area contributed by atoms with Gasteiger partial charge in [-0.1, -0.05) is 56.1 Å². The molecule has 2 aromatic carbocycles. The lowest BCUT2D eigenvalue weighted by Gasteiger charge is -2.20. The molecule has 3 nitrogen and oxygen atoms in total. The van der Waals surface area contributed by atoms with Gasteiger partial charge >= 0.3 is 5.97 Å². The van der Waals surface area contributed by atoms with Crippen LogP contribution in [-0.4, -0.2) is 17.2 Å². The van der Waals surface area contributed by atoms with Crippen LogP contribution in [0.5, 0.6) is 5.75 Å². The zero-order chi connectivity index (χ0) is 17.9. The normalized spacial score (nSPS) is 12.7. The number of ether oxygens (including phenoxy) is 1.